The van der Waals surface area contributed by atoms with Crippen LogP contribution in [0.2, 0.25) is 0 Å². The number of halogens is 2. The van der Waals surface area contributed by atoms with Crippen molar-refractivity contribution in [3.05, 3.63) is 70.9 Å². The molecule has 0 saturated carbocycles. The van der Waals surface area contributed by atoms with Crippen molar-refractivity contribution >= 4 is 16.6 Å². The zero-order valence-electron chi connectivity index (χ0n) is 12.4. The van der Waals surface area contributed by atoms with Gasteiger partial charge in [0.05, 0.1) is 11.6 Å². The average Bonchev–Trinajstić information content (AvgIpc) is 2.55. The Bertz CT molecular complexity index is 929. The van der Waals surface area contributed by atoms with Crippen LogP contribution in [-0.2, 0) is 6.54 Å². The third kappa shape index (κ3) is 2.97. The van der Waals surface area contributed by atoms with E-state index < -0.39 is 11.6 Å². The Hall–Kier alpha value is -3.00. The number of anilines is 1. The van der Waals surface area contributed by atoms with Crippen LogP contribution in [0.4, 0.5) is 14.5 Å². The lowest BCUT2D eigenvalue weighted by atomic mass is 10.1. The summed E-state index contributed by atoms with van der Waals surface area (Å²) >= 11 is 0. The van der Waals surface area contributed by atoms with Gasteiger partial charge in [0, 0.05) is 28.9 Å². The molecule has 0 spiro atoms. The average molecular weight is 309 g/mol. The Balaban J connectivity index is 1.97. The molecule has 0 saturated heterocycles. The van der Waals surface area contributed by atoms with Crippen LogP contribution in [0.5, 0.6) is 0 Å². The first-order valence-corrected chi connectivity index (χ1v) is 7.07. The molecule has 3 nitrogen and oxygen atoms in total. The molecule has 3 rings (SSSR count). The fourth-order valence-electron chi connectivity index (χ4n) is 2.46. The fourth-order valence-corrected chi connectivity index (χ4v) is 2.46. The SMILES string of the molecule is Cc1cc(NCc2cc(C#N)ccc2F)c2cccc(F)c2n1. The smallest absolute Gasteiger partial charge is 0.149 e. The van der Waals surface area contributed by atoms with Gasteiger partial charge < -0.3 is 5.32 Å². The third-order valence-corrected chi connectivity index (χ3v) is 3.56. The van der Waals surface area contributed by atoms with E-state index in [1.165, 1.54) is 24.3 Å². The summed E-state index contributed by atoms with van der Waals surface area (Å²) in [5.41, 5.74) is 2.39. The molecule has 0 atom stereocenters. The van der Waals surface area contributed by atoms with Crippen molar-refractivity contribution in [1.29, 1.82) is 5.26 Å². The highest BCUT2D eigenvalue weighted by atomic mass is 19.1. The van der Waals surface area contributed by atoms with E-state index >= 15 is 0 Å². The van der Waals surface area contributed by atoms with E-state index in [9.17, 15) is 8.78 Å². The standard InChI is InChI=1S/C18H13F2N3/c1-11-7-17(14-3-2-4-16(20)18(14)23-11)22-10-13-8-12(9-21)5-6-15(13)19/h2-8H,10H2,1H3,(H,22,23). The molecular formula is C18H13F2N3. The van der Waals surface area contributed by atoms with Crippen molar-refractivity contribution in [3.8, 4) is 6.07 Å². The minimum Gasteiger partial charge on any atom is -0.380 e. The monoisotopic (exact) mass is 309 g/mol. The lowest BCUT2D eigenvalue weighted by molar-refractivity contribution is 0.612. The second kappa shape index (κ2) is 6.01. The molecule has 23 heavy (non-hydrogen) atoms. The van der Waals surface area contributed by atoms with Gasteiger partial charge in [0.1, 0.15) is 17.2 Å². The van der Waals surface area contributed by atoms with Crippen LogP contribution in [-0.4, -0.2) is 4.98 Å². The maximum absolute atomic E-state index is 13.9. The number of rotatable bonds is 3. The molecule has 0 aliphatic carbocycles. The number of nitrogens with one attached hydrogen (secondary N) is 1. The molecule has 2 aromatic carbocycles. The topological polar surface area (TPSA) is 48.7 Å². The minimum absolute atomic E-state index is 0.191. The number of aryl methyl sites for hydroxylation is 1. The molecule has 0 aliphatic heterocycles. The number of nitrogens with zero attached hydrogens (tertiary/aromatic N) is 2. The van der Waals surface area contributed by atoms with E-state index in [4.69, 9.17) is 5.26 Å². The first kappa shape index (κ1) is 14.9. The Kier molecular flexibility index (Phi) is 3.90. The summed E-state index contributed by atoms with van der Waals surface area (Å²) in [7, 11) is 0. The van der Waals surface area contributed by atoms with Crippen LogP contribution in [0.25, 0.3) is 10.9 Å². The molecule has 0 amide bonds. The van der Waals surface area contributed by atoms with Crippen molar-refractivity contribution in [3.63, 3.8) is 0 Å². The van der Waals surface area contributed by atoms with Crippen LogP contribution >= 0.6 is 0 Å². The summed E-state index contributed by atoms with van der Waals surface area (Å²) in [5.74, 6) is -0.787. The van der Waals surface area contributed by atoms with Gasteiger partial charge in [-0.05, 0) is 37.3 Å². The van der Waals surface area contributed by atoms with Gasteiger partial charge in [-0.2, -0.15) is 5.26 Å². The highest BCUT2D eigenvalue weighted by Gasteiger charge is 2.09. The van der Waals surface area contributed by atoms with Gasteiger partial charge in [-0.25, -0.2) is 13.8 Å². The maximum Gasteiger partial charge on any atom is 0.149 e. The first-order chi connectivity index (χ1) is 11.1. The lowest BCUT2D eigenvalue weighted by Gasteiger charge is -2.12. The third-order valence-electron chi connectivity index (χ3n) is 3.56. The number of fused-ring (bicyclic) bond motifs is 1. The predicted octanol–water partition coefficient (Wildman–Crippen LogP) is 4.31. The van der Waals surface area contributed by atoms with E-state index in [1.807, 2.05) is 6.07 Å². The van der Waals surface area contributed by atoms with Crippen LogP contribution in [0.3, 0.4) is 0 Å². The van der Waals surface area contributed by atoms with Gasteiger partial charge in [-0.15, -0.1) is 0 Å². The van der Waals surface area contributed by atoms with E-state index in [-0.39, 0.29) is 12.1 Å². The summed E-state index contributed by atoms with van der Waals surface area (Å²) in [5, 5.41) is 12.6. The number of para-hydroxylation sites is 1. The molecule has 1 N–H and O–H groups in total. The van der Waals surface area contributed by atoms with Crippen molar-refractivity contribution in [2.75, 3.05) is 5.32 Å². The van der Waals surface area contributed by atoms with Gasteiger partial charge >= 0.3 is 0 Å². The summed E-state index contributed by atoms with van der Waals surface area (Å²) in [6, 6.07) is 12.7. The van der Waals surface area contributed by atoms with E-state index in [0.717, 1.165) is 0 Å². The first-order valence-electron chi connectivity index (χ1n) is 7.07. The summed E-state index contributed by atoms with van der Waals surface area (Å²) in [6.45, 7) is 1.96. The van der Waals surface area contributed by atoms with Gasteiger partial charge in [-0.3, -0.25) is 0 Å². The Morgan fingerprint density at radius 2 is 1.96 bits per heavy atom. The zero-order chi connectivity index (χ0) is 16.4. The van der Waals surface area contributed by atoms with E-state index in [1.54, 1.807) is 25.1 Å². The largest absolute Gasteiger partial charge is 0.380 e. The molecule has 0 fully saturated rings. The second-order valence-electron chi connectivity index (χ2n) is 5.22. The molecule has 0 radical (unpaired) electrons. The number of benzene rings is 2. The predicted molar refractivity (Wildman–Crippen MR) is 84.9 cm³/mol. The Morgan fingerprint density at radius 1 is 1.13 bits per heavy atom. The van der Waals surface area contributed by atoms with E-state index in [2.05, 4.69) is 10.3 Å². The highest BCUT2D eigenvalue weighted by molar-refractivity contribution is 5.91. The highest BCUT2D eigenvalue weighted by Crippen LogP contribution is 2.25. The van der Waals surface area contributed by atoms with E-state index in [0.29, 0.717) is 27.9 Å². The molecule has 1 heterocycles. The molecular weight excluding hydrogens is 296 g/mol. The molecule has 0 aliphatic rings. The summed E-state index contributed by atoms with van der Waals surface area (Å²) < 4.78 is 27.7. The quantitative estimate of drug-likeness (QED) is 0.784. The van der Waals surface area contributed by atoms with Crippen molar-refractivity contribution < 1.29 is 8.78 Å². The van der Waals surface area contributed by atoms with Crippen LogP contribution in [0.15, 0.2) is 42.5 Å². The van der Waals surface area contributed by atoms with Crippen molar-refractivity contribution in [2.45, 2.75) is 13.5 Å². The molecule has 0 unspecified atom stereocenters. The Morgan fingerprint density at radius 3 is 2.74 bits per heavy atom. The normalized spacial score (nSPS) is 10.5. The van der Waals surface area contributed by atoms with Crippen LogP contribution in [0, 0.1) is 29.9 Å². The van der Waals surface area contributed by atoms with Crippen LogP contribution in [0.1, 0.15) is 16.8 Å². The number of aromatic nitrogens is 1. The molecule has 5 heteroatoms. The molecule has 3 aromatic rings. The minimum atomic E-state index is -0.396. The number of hydrogen-bond donors (Lipinski definition) is 1. The molecule has 0 bridgehead atoms. The number of pyridine rings is 1. The number of nitriles is 1. The molecule has 1 aromatic heterocycles. The summed E-state index contributed by atoms with van der Waals surface area (Å²) in [6.07, 6.45) is 0. The number of hydrogen-bond acceptors (Lipinski definition) is 3. The van der Waals surface area contributed by atoms with Gasteiger partial charge in [0.25, 0.3) is 0 Å². The Labute approximate surface area is 132 Å². The van der Waals surface area contributed by atoms with Gasteiger partial charge in [0.15, 0.2) is 0 Å². The lowest BCUT2D eigenvalue weighted by Crippen LogP contribution is -2.04. The second-order valence-corrected chi connectivity index (χ2v) is 5.22. The van der Waals surface area contributed by atoms with Crippen molar-refractivity contribution in [1.82, 2.24) is 4.98 Å². The maximum atomic E-state index is 13.9. The zero-order valence-corrected chi connectivity index (χ0v) is 12.4. The van der Waals surface area contributed by atoms with Gasteiger partial charge in [-0.1, -0.05) is 12.1 Å². The van der Waals surface area contributed by atoms with Crippen LogP contribution < -0.4 is 5.32 Å². The molecule has 114 valence electrons. The van der Waals surface area contributed by atoms with Crippen molar-refractivity contribution in [2.24, 2.45) is 0 Å². The van der Waals surface area contributed by atoms with Gasteiger partial charge in [0.2, 0.25) is 0 Å². The fraction of sp³-hybridized carbons (Fsp3) is 0.111. The summed E-state index contributed by atoms with van der Waals surface area (Å²) in [4.78, 5) is 4.20.